The lowest BCUT2D eigenvalue weighted by Gasteiger charge is -2.24. The molecule has 0 spiro atoms. The predicted octanol–water partition coefficient (Wildman–Crippen LogP) is 10.7. The zero-order valence-electron chi connectivity index (χ0n) is 20.6. The van der Waals surface area contributed by atoms with Gasteiger partial charge in [0, 0.05) is 0 Å². The van der Waals surface area contributed by atoms with E-state index in [0.29, 0.717) is 0 Å². The first-order chi connectivity index (χ1) is 13.8. The highest BCUT2D eigenvalue weighted by Crippen LogP contribution is 2.30. The first kappa shape index (κ1) is 28.0. The topological polar surface area (TPSA) is 0 Å². The van der Waals surface area contributed by atoms with E-state index in [1.165, 1.54) is 135 Å². The monoisotopic (exact) mass is 393 g/mol. The quantitative estimate of drug-likeness (QED) is 0.151. The van der Waals surface area contributed by atoms with Crippen LogP contribution in [0.15, 0.2) is 0 Å². The number of rotatable bonds is 23. The maximum absolute atomic E-state index is 2.85. The average molecular weight is 394 g/mol. The summed E-state index contributed by atoms with van der Waals surface area (Å²) in [4.78, 5) is 0. The SMILES string of the molecule is CCCCCCCCC([CH]C(CCCC)CCCCCCC)CCCCCC. The van der Waals surface area contributed by atoms with E-state index in [1.807, 2.05) is 0 Å². The Bertz CT molecular complexity index is 269. The van der Waals surface area contributed by atoms with Gasteiger partial charge in [0.05, 0.1) is 0 Å². The highest BCUT2D eigenvalue weighted by Gasteiger charge is 2.16. The van der Waals surface area contributed by atoms with Crippen LogP contribution in [0.4, 0.5) is 0 Å². The zero-order chi connectivity index (χ0) is 20.7. The normalized spacial score (nSPS) is 13.7. The largest absolute Gasteiger partial charge is 0.0654 e. The molecular formula is C28H57. The standard InChI is InChI=1S/C28H57/c1-5-9-13-16-18-21-25-28(23-19-15-11-7-3)26-27(22-12-8-4)24-20-17-14-10-6-2/h26-28H,5-25H2,1-4H3. The van der Waals surface area contributed by atoms with Gasteiger partial charge < -0.3 is 0 Å². The highest BCUT2D eigenvalue weighted by atomic mass is 14.2. The fraction of sp³-hybridized carbons (Fsp3) is 0.964. The summed E-state index contributed by atoms with van der Waals surface area (Å²) < 4.78 is 0. The predicted molar refractivity (Wildman–Crippen MR) is 131 cm³/mol. The maximum Gasteiger partial charge on any atom is -0.0324 e. The van der Waals surface area contributed by atoms with E-state index in [4.69, 9.17) is 0 Å². The van der Waals surface area contributed by atoms with E-state index in [9.17, 15) is 0 Å². The van der Waals surface area contributed by atoms with Crippen molar-refractivity contribution < 1.29 is 0 Å². The van der Waals surface area contributed by atoms with Crippen molar-refractivity contribution in [1.29, 1.82) is 0 Å². The first-order valence-electron chi connectivity index (χ1n) is 13.6. The smallest absolute Gasteiger partial charge is 0.0324 e. The molecule has 2 unspecified atom stereocenters. The van der Waals surface area contributed by atoms with Crippen LogP contribution in [0.5, 0.6) is 0 Å². The molecule has 2 atom stereocenters. The van der Waals surface area contributed by atoms with Gasteiger partial charge in [-0.05, 0) is 18.3 Å². The third kappa shape index (κ3) is 19.3. The molecule has 0 saturated heterocycles. The van der Waals surface area contributed by atoms with E-state index in [0.717, 1.165) is 11.8 Å². The molecule has 1 radical (unpaired) electrons. The van der Waals surface area contributed by atoms with Crippen LogP contribution in [-0.4, -0.2) is 0 Å². The summed E-state index contributed by atoms with van der Waals surface area (Å²) in [5.41, 5.74) is 0. The van der Waals surface area contributed by atoms with Gasteiger partial charge in [0.2, 0.25) is 0 Å². The molecule has 0 N–H and O–H groups in total. The lowest BCUT2D eigenvalue weighted by molar-refractivity contribution is 0.368. The third-order valence-corrected chi connectivity index (χ3v) is 6.51. The average Bonchev–Trinajstić information content (AvgIpc) is 2.71. The summed E-state index contributed by atoms with van der Waals surface area (Å²) in [7, 11) is 0. The maximum atomic E-state index is 2.85. The molecule has 0 aliphatic carbocycles. The second-order valence-electron chi connectivity index (χ2n) is 9.46. The highest BCUT2D eigenvalue weighted by molar-refractivity contribution is 4.84. The van der Waals surface area contributed by atoms with Crippen molar-refractivity contribution in [2.75, 3.05) is 0 Å². The van der Waals surface area contributed by atoms with Gasteiger partial charge in [-0.1, -0.05) is 163 Å². The van der Waals surface area contributed by atoms with E-state index < -0.39 is 0 Å². The van der Waals surface area contributed by atoms with Crippen LogP contribution in [0, 0.1) is 18.3 Å². The molecule has 0 aromatic heterocycles. The Morgan fingerprint density at radius 2 is 0.643 bits per heavy atom. The fourth-order valence-electron chi connectivity index (χ4n) is 4.56. The third-order valence-electron chi connectivity index (χ3n) is 6.51. The molecular weight excluding hydrogens is 336 g/mol. The van der Waals surface area contributed by atoms with Crippen molar-refractivity contribution in [2.45, 2.75) is 163 Å². The van der Waals surface area contributed by atoms with Crippen LogP contribution in [-0.2, 0) is 0 Å². The summed E-state index contributed by atoms with van der Waals surface area (Å²) in [6, 6.07) is 0. The van der Waals surface area contributed by atoms with Crippen LogP contribution in [0.25, 0.3) is 0 Å². The summed E-state index contributed by atoms with van der Waals surface area (Å²) in [5, 5.41) is 0. The van der Waals surface area contributed by atoms with Gasteiger partial charge in [-0.2, -0.15) is 0 Å². The molecule has 0 fully saturated rings. The Balaban J connectivity index is 4.34. The molecule has 0 heteroatoms. The Hall–Kier alpha value is 0. The molecule has 0 rings (SSSR count). The minimum atomic E-state index is 0.901. The minimum absolute atomic E-state index is 0.901. The summed E-state index contributed by atoms with van der Waals surface area (Å²) in [5.74, 6) is 1.80. The molecule has 0 amide bonds. The molecule has 0 heterocycles. The molecule has 0 aliphatic rings. The molecule has 28 heavy (non-hydrogen) atoms. The second-order valence-corrected chi connectivity index (χ2v) is 9.46. The zero-order valence-corrected chi connectivity index (χ0v) is 20.6. The molecule has 0 saturated carbocycles. The molecule has 0 aromatic rings. The van der Waals surface area contributed by atoms with Crippen molar-refractivity contribution in [3.63, 3.8) is 0 Å². The molecule has 169 valence electrons. The molecule has 0 bridgehead atoms. The fourth-order valence-corrected chi connectivity index (χ4v) is 4.56. The number of hydrogen-bond acceptors (Lipinski definition) is 0. The van der Waals surface area contributed by atoms with Crippen LogP contribution in [0.1, 0.15) is 163 Å². The molecule has 0 nitrogen and oxygen atoms in total. The number of hydrogen-bond donors (Lipinski definition) is 0. The van der Waals surface area contributed by atoms with Gasteiger partial charge >= 0.3 is 0 Å². The van der Waals surface area contributed by atoms with Gasteiger partial charge in [0.1, 0.15) is 0 Å². The van der Waals surface area contributed by atoms with Gasteiger partial charge in [-0.15, -0.1) is 0 Å². The van der Waals surface area contributed by atoms with Gasteiger partial charge in [-0.3, -0.25) is 0 Å². The van der Waals surface area contributed by atoms with Crippen LogP contribution in [0.2, 0.25) is 0 Å². The van der Waals surface area contributed by atoms with E-state index in [1.54, 1.807) is 0 Å². The summed E-state index contributed by atoms with van der Waals surface area (Å²) >= 11 is 0. The lowest BCUT2D eigenvalue weighted by Crippen LogP contribution is -2.11. The van der Waals surface area contributed by atoms with Crippen molar-refractivity contribution in [3.8, 4) is 0 Å². The lowest BCUT2D eigenvalue weighted by atomic mass is 9.82. The number of unbranched alkanes of at least 4 members (excludes halogenated alkanes) is 13. The minimum Gasteiger partial charge on any atom is -0.0654 e. The van der Waals surface area contributed by atoms with Crippen LogP contribution >= 0.6 is 0 Å². The Labute approximate surface area is 181 Å². The second kappa shape index (κ2) is 23.3. The van der Waals surface area contributed by atoms with Crippen LogP contribution in [0.3, 0.4) is 0 Å². The van der Waals surface area contributed by atoms with Crippen molar-refractivity contribution in [1.82, 2.24) is 0 Å². The van der Waals surface area contributed by atoms with E-state index in [2.05, 4.69) is 34.1 Å². The van der Waals surface area contributed by atoms with E-state index >= 15 is 0 Å². The Morgan fingerprint density at radius 1 is 0.357 bits per heavy atom. The first-order valence-corrected chi connectivity index (χ1v) is 13.6. The van der Waals surface area contributed by atoms with Gasteiger partial charge in [0.25, 0.3) is 0 Å². The van der Waals surface area contributed by atoms with Gasteiger partial charge in [-0.25, -0.2) is 0 Å². The van der Waals surface area contributed by atoms with Crippen molar-refractivity contribution >= 4 is 0 Å². The molecule has 0 aromatic carbocycles. The van der Waals surface area contributed by atoms with Crippen LogP contribution < -0.4 is 0 Å². The Morgan fingerprint density at radius 3 is 1.04 bits per heavy atom. The van der Waals surface area contributed by atoms with Gasteiger partial charge in [0.15, 0.2) is 0 Å². The van der Waals surface area contributed by atoms with E-state index in [-0.39, 0.29) is 0 Å². The summed E-state index contributed by atoms with van der Waals surface area (Å²) in [6.07, 6.45) is 33.0. The summed E-state index contributed by atoms with van der Waals surface area (Å²) in [6.45, 7) is 9.33. The van der Waals surface area contributed by atoms with Crippen molar-refractivity contribution in [2.24, 2.45) is 11.8 Å². The molecule has 0 aliphatic heterocycles. The Kier molecular flexibility index (Phi) is 23.3. The van der Waals surface area contributed by atoms with Crippen molar-refractivity contribution in [3.05, 3.63) is 6.42 Å².